The third-order valence-corrected chi connectivity index (χ3v) is 4.35. The molecular formula is C16H23NO3. The molecule has 0 saturated carbocycles. The van der Waals surface area contributed by atoms with Crippen molar-refractivity contribution in [2.24, 2.45) is 5.41 Å². The van der Waals surface area contributed by atoms with Gasteiger partial charge in [-0.3, -0.25) is 9.69 Å². The fourth-order valence-corrected chi connectivity index (χ4v) is 2.97. The highest BCUT2D eigenvalue weighted by molar-refractivity contribution is 5.75. The molecule has 1 saturated heterocycles. The molecule has 4 nitrogen and oxygen atoms in total. The zero-order valence-electron chi connectivity index (χ0n) is 12.3. The van der Waals surface area contributed by atoms with Gasteiger partial charge in [-0.15, -0.1) is 0 Å². The van der Waals surface area contributed by atoms with Gasteiger partial charge in [0.2, 0.25) is 0 Å². The van der Waals surface area contributed by atoms with Crippen LogP contribution in [0.3, 0.4) is 0 Å². The van der Waals surface area contributed by atoms with E-state index < -0.39 is 11.4 Å². The van der Waals surface area contributed by atoms with E-state index in [1.54, 1.807) is 7.11 Å². The minimum Gasteiger partial charge on any atom is -0.497 e. The molecule has 1 fully saturated rings. The number of rotatable bonds is 5. The Balaban J connectivity index is 2.03. The van der Waals surface area contributed by atoms with Gasteiger partial charge in [0.25, 0.3) is 0 Å². The van der Waals surface area contributed by atoms with Crippen LogP contribution in [0.2, 0.25) is 0 Å². The Morgan fingerprint density at radius 1 is 1.40 bits per heavy atom. The number of piperidine rings is 1. The molecular weight excluding hydrogens is 254 g/mol. The Labute approximate surface area is 120 Å². The van der Waals surface area contributed by atoms with Crippen LogP contribution in [0.25, 0.3) is 0 Å². The maximum absolute atomic E-state index is 11.5. The fraction of sp³-hybridized carbons (Fsp3) is 0.562. The summed E-state index contributed by atoms with van der Waals surface area (Å²) in [5.41, 5.74) is 0.633. The SMILES string of the molecule is CCC1(C(=O)O)CCCN(Cc2ccc(OC)cc2)C1. The smallest absolute Gasteiger partial charge is 0.310 e. The van der Waals surface area contributed by atoms with Gasteiger partial charge in [-0.05, 0) is 43.5 Å². The summed E-state index contributed by atoms with van der Waals surface area (Å²) in [5.74, 6) is 0.195. The van der Waals surface area contributed by atoms with E-state index in [0.717, 1.165) is 31.7 Å². The number of nitrogens with zero attached hydrogens (tertiary/aromatic N) is 1. The van der Waals surface area contributed by atoms with Gasteiger partial charge in [0.15, 0.2) is 0 Å². The van der Waals surface area contributed by atoms with Crippen molar-refractivity contribution < 1.29 is 14.6 Å². The van der Waals surface area contributed by atoms with Crippen LogP contribution in [-0.2, 0) is 11.3 Å². The van der Waals surface area contributed by atoms with Crippen molar-refractivity contribution in [2.75, 3.05) is 20.2 Å². The molecule has 0 amide bonds. The molecule has 1 N–H and O–H groups in total. The van der Waals surface area contributed by atoms with E-state index in [2.05, 4.69) is 4.90 Å². The molecule has 1 aromatic carbocycles. The highest BCUT2D eigenvalue weighted by Crippen LogP contribution is 2.34. The van der Waals surface area contributed by atoms with Gasteiger partial charge in [0.1, 0.15) is 5.75 Å². The first-order chi connectivity index (χ1) is 9.59. The Bertz CT molecular complexity index is 457. The molecule has 1 aliphatic heterocycles. The summed E-state index contributed by atoms with van der Waals surface area (Å²) in [4.78, 5) is 13.8. The van der Waals surface area contributed by atoms with Crippen LogP contribution in [0.4, 0.5) is 0 Å². The average molecular weight is 277 g/mol. The van der Waals surface area contributed by atoms with Crippen LogP contribution in [0.5, 0.6) is 5.75 Å². The second kappa shape index (κ2) is 6.27. The van der Waals surface area contributed by atoms with E-state index in [9.17, 15) is 9.90 Å². The normalized spacial score (nSPS) is 23.5. The van der Waals surface area contributed by atoms with Crippen LogP contribution in [0, 0.1) is 5.41 Å². The first kappa shape index (κ1) is 14.9. The number of hydrogen-bond donors (Lipinski definition) is 1. The summed E-state index contributed by atoms with van der Waals surface area (Å²) in [6.45, 7) is 4.40. The van der Waals surface area contributed by atoms with Gasteiger partial charge in [0.05, 0.1) is 12.5 Å². The van der Waals surface area contributed by atoms with Crippen molar-refractivity contribution in [3.05, 3.63) is 29.8 Å². The molecule has 2 rings (SSSR count). The largest absolute Gasteiger partial charge is 0.497 e. The molecule has 0 aliphatic carbocycles. The van der Waals surface area contributed by atoms with Crippen LogP contribution >= 0.6 is 0 Å². The summed E-state index contributed by atoms with van der Waals surface area (Å²) in [5, 5.41) is 9.50. The van der Waals surface area contributed by atoms with Gasteiger partial charge in [0, 0.05) is 13.1 Å². The van der Waals surface area contributed by atoms with Crippen molar-refractivity contribution in [3.8, 4) is 5.75 Å². The molecule has 0 bridgehead atoms. The molecule has 0 radical (unpaired) electrons. The molecule has 1 aliphatic rings. The topological polar surface area (TPSA) is 49.8 Å². The predicted molar refractivity (Wildman–Crippen MR) is 77.9 cm³/mol. The number of hydrogen-bond acceptors (Lipinski definition) is 3. The highest BCUT2D eigenvalue weighted by Gasteiger charge is 2.40. The number of ether oxygens (including phenoxy) is 1. The zero-order chi connectivity index (χ0) is 14.6. The quantitative estimate of drug-likeness (QED) is 0.899. The Hall–Kier alpha value is -1.55. The molecule has 1 heterocycles. The average Bonchev–Trinajstić information content (AvgIpc) is 2.48. The second-order valence-corrected chi connectivity index (χ2v) is 5.60. The lowest BCUT2D eigenvalue weighted by atomic mass is 9.77. The van der Waals surface area contributed by atoms with Crippen molar-refractivity contribution in [2.45, 2.75) is 32.7 Å². The van der Waals surface area contributed by atoms with E-state index in [0.29, 0.717) is 13.0 Å². The third-order valence-electron chi connectivity index (χ3n) is 4.35. The lowest BCUT2D eigenvalue weighted by molar-refractivity contribution is -0.153. The number of aliphatic carboxylic acids is 1. The Kier molecular flexibility index (Phi) is 4.65. The fourth-order valence-electron chi connectivity index (χ4n) is 2.97. The van der Waals surface area contributed by atoms with Gasteiger partial charge in [-0.25, -0.2) is 0 Å². The van der Waals surface area contributed by atoms with Crippen molar-refractivity contribution in [3.63, 3.8) is 0 Å². The minimum absolute atomic E-state index is 0.565. The Morgan fingerprint density at radius 2 is 2.10 bits per heavy atom. The predicted octanol–water partition coefficient (Wildman–Crippen LogP) is 2.77. The third kappa shape index (κ3) is 3.12. The molecule has 4 heteroatoms. The second-order valence-electron chi connectivity index (χ2n) is 5.60. The summed E-state index contributed by atoms with van der Waals surface area (Å²) in [6.07, 6.45) is 2.44. The summed E-state index contributed by atoms with van der Waals surface area (Å²) in [7, 11) is 1.65. The van der Waals surface area contributed by atoms with Gasteiger partial charge < -0.3 is 9.84 Å². The van der Waals surface area contributed by atoms with Gasteiger partial charge >= 0.3 is 5.97 Å². The van der Waals surface area contributed by atoms with E-state index in [1.165, 1.54) is 5.56 Å². The minimum atomic E-state index is -0.653. The standard InChI is InChI=1S/C16H23NO3/c1-3-16(15(18)19)9-4-10-17(12-16)11-13-5-7-14(20-2)8-6-13/h5-8H,3-4,9-12H2,1-2H3,(H,18,19). The maximum Gasteiger partial charge on any atom is 0.310 e. The number of benzene rings is 1. The van der Waals surface area contributed by atoms with Crippen molar-refractivity contribution in [1.82, 2.24) is 4.90 Å². The maximum atomic E-state index is 11.5. The Morgan fingerprint density at radius 3 is 2.65 bits per heavy atom. The first-order valence-corrected chi connectivity index (χ1v) is 7.18. The molecule has 110 valence electrons. The molecule has 1 atom stereocenters. The van der Waals surface area contributed by atoms with Crippen molar-refractivity contribution >= 4 is 5.97 Å². The van der Waals surface area contributed by atoms with Gasteiger partial charge in [-0.1, -0.05) is 19.1 Å². The monoisotopic (exact) mass is 277 g/mol. The van der Waals surface area contributed by atoms with Crippen LogP contribution < -0.4 is 4.74 Å². The number of carboxylic acid groups (broad SMARTS) is 1. The van der Waals surface area contributed by atoms with Crippen molar-refractivity contribution in [1.29, 1.82) is 0 Å². The first-order valence-electron chi connectivity index (χ1n) is 7.18. The number of carboxylic acids is 1. The molecule has 1 unspecified atom stereocenters. The molecule has 1 aromatic rings. The zero-order valence-corrected chi connectivity index (χ0v) is 12.3. The van der Waals surface area contributed by atoms with Crippen LogP contribution in [0.15, 0.2) is 24.3 Å². The highest BCUT2D eigenvalue weighted by atomic mass is 16.5. The summed E-state index contributed by atoms with van der Waals surface area (Å²) < 4.78 is 5.15. The van der Waals surface area contributed by atoms with E-state index in [4.69, 9.17) is 4.74 Å². The molecule has 0 aromatic heterocycles. The number of likely N-dealkylation sites (tertiary alicyclic amines) is 1. The van der Waals surface area contributed by atoms with Crippen LogP contribution in [0.1, 0.15) is 31.7 Å². The lowest BCUT2D eigenvalue weighted by Crippen LogP contribution is -2.47. The van der Waals surface area contributed by atoms with E-state index in [-0.39, 0.29) is 0 Å². The van der Waals surface area contributed by atoms with E-state index in [1.807, 2.05) is 31.2 Å². The number of methoxy groups -OCH3 is 1. The summed E-state index contributed by atoms with van der Waals surface area (Å²) in [6, 6.07) is 7.98. The van der Waals surface area contributed by atoms with Crippen LogP contribution in [-0.4, -0.2) is 36.2 Å². The number of carbonyl (C=O) groups is 1. The summed E-state index contributed by atoms with van der Waals surface area (Å²) >= 11 is 0. The molecule has 0 spiro atoms. The molecule has 20 heavy (non-hydrogen) atoms. The van der Waals surface area contributed by atoms with E-state index >= 15 is 0 Å². The lowest BCUT2D eigenvalue weighted by Gasteiger charge is -2.39. The van der Waals surface area contributed by atoms with Gasteiger partial charge in [-0.2, -0.15) is 0 Å².